The van der Waals surface area contributed by atoms with Gasteiger partial charge in [-0.1, -0.05) is 56.3 Å². The molecule has 0 aliphatic heterocycles. The molecule has 2 heterocycles. The molecule has 2 aromatic heterocycles. The summed E-state index contributed by atoms with van der Waals surface area (Å²) in [5.74, 6) is -0.807. The molecule has 0 saturated heterocycles. The molecule has 0 saturated carbocycles. The zero-order chi connectivity index (χ0) is 32.5. The summed E-state index contributed by atoms with van der Waals surface area (Å²) in [6, 6.07) is 18.5. The van der Waals surface area contributed by atoms with Crippen LogP contribution in [0.5, 0.6) is 0 Å². The van der Waals surface area contributed by atoms with Gasteiger partial charge in [-0.05, 0) is 77.3 Å². The van der Waals surface area contributed by atoms with Crippen LogP contribution in [0.15, 0.2) is 71.1 Å². The van der Waals surface area contributed by atoms with Crippen molar-refractivity contribution in [2.75, 3.05) is 0 Å². The van der Waals surface area contributed by atoms with Crippen molar-refractivity contribution >= 4 is 23.2 Å². The highest BCUT2D eigenvalue weighted by atomic mass is 32.1. The molecule has 1 aliphatic rings. The van der Waals surface area contributed by atoms with E-state index in [1.165, 1.54) is 41.2 Å². The minimum Gasteiger partial charge on any atom is -0.421 e. The van der Waals surface area contributed by atoms with E-state index in [2.05, 4.69) is 21.6 Å². The molecule has 3 aromatic carbocycles. The molecule has 0 spiro atoms. The number of alkyl halides is 1. The second-order valence-electron chi connectivity index (χ2n) is 12.1. The Balaban J connectivity index is 1.48. The zero-order valence-corrected chi connectivity index (χ0v) is 26.6. The lowest BCUT2D eigenvalue weighted by Gasteiger charge is -2.21. The number of aromatic nitrogens is 2. The number of nitrogens with two attached hydrogens (primary N) is 1. The molecule has 0 bridgehead atoms. The summed E-state index contributed by atoms with van der Waals surface area (Å²) in [4.78, 5) is 27.8. The number of nitrogens with zero attached hydrogens (tertiary/aromatic N) is 2. The van der Waals surface area contributed by atoms with Crippen LogP contribution in [0.4, 0.5) is 8.78 Å². The normalized spacial score (nSPS) is 14.8. The van der Waals surface area contributed by atoms with Crippen molar-refractivity contribution < 1.29 is 22.8 Å². The average Bonchev–Trinajstić information content (AvgIpc) is 3.77. The maximum Gasteiger partial charge on any atom is 0.261 e. The van der Waals surface area contributed by atoms with Gasteiger partial charge in [-0.2, -0.15) is 0 Å². The Morgan fingerprint density at radius 3 is 2.48 bits per heavy atom. The van der Waals surface area contributed by atoms with E-state index < -0.39 is 17.9 Å². The number of amides is 2. The van der Waals surface area contributed by atoms with Gasteiger partial charge in [0, 0.05) is 23.8 Å². The van der Waals surface area contributed by atoms with Gasteiger partial charge in [-0.15, -0.1) is 21.5 Å². The van der Waals surface area contributed by atoms with Crippen LogP contribution in [-0.2, 0) is 19.3 Å². The monoisotopic (exact) mass is 640 g/mol. The third kappa shape index (κ3) is 6.35. The molecule has 1 aliphatic carbocycles. The Morgan fingerprint density at radius 2 is 1.78 bits per heavy atom. The molecule has 2 amide bonds. The van der Waals surface area contributed by atoms with Gasteiger partial charge in [-0.3, -0.25) is 9.59 Å². The number of thiophene rings is 1. The number of rotatable bonds is 10. The van der Waals surface area contributed by atoms with Gasteiger partial charge >= 0.3 is 0 Å². The molecule has 6 rings (SSSR count). The second kappa shape index (κ2) is 13.0. The van der Waals surface area contributed by atoms with Gasteiger partial charge < -0.3 is 15.5 Å². The number of carbonyl (C=O) groups is 2. The summed E-state index contributed by atoms with van der Waals surface area (Å²) in [6.45, 7) is 5.68. The maximum atomic E-state index is 15.9. The Labute approximate surface area is 269 Å². The largest absolute Gasteiger partial charge is 0.421 e. The zero-order valence-electron chi connectivity index (χ0n) is 25.8. The standard InChI is InChI=1S/C36H34F2N4O3S/c1-19(2)16-23-17-24(18-27(38)22-8-11-25(37)12-9-22)32(36-42-41-20(3)45-36)33(31(23)34(39)43)29-14-15-30(46-29)35(44)40-28-13-10-21-6-4-5-7-26(21)28/h4-9,11-12,14-15,17,19,27-28H,10,13,16,18H2,1-3H3,(H2,39,43)(H,40,44)/t27?,28-/m1/s1. The molecular weight excluding hydrogens is 606 g/mol. The third-order valence-corrected chi connectivity index (χ3v) is 9.35. The first-order valence-electron chi connectivity index (χ1n) is 15.3. The number of benzene rings is 3. The number of fused-ring (bicyclic) bond motifs is 1. The SMILES string of the molecule is Cc1nnc(-c2c(CC(F)c3ccc(F)cc3)cc(CC(C)C)c(C(N)=O)c2-c2ccc(C(=O)N[C@@H]3CCc4ccccc43)s2)o1. The minimum atomic E-state index is -1.50. The Morgan fingerprint density at radius 1 is 1.02 bits per heavy atom. The average molecular weight is 641 g/mol. The van der Waals surface area contributed by atoms with Crippen LogP contribution >= 0.6 is 11.3 Å². The number of aryl methyl sites for hydroxylation is 2. The van der Waals surface area contributed by atoms with Crippen molar-refractivity contribution in [2.45, 2.75) is 58.7 Å². The van der Waals surface area contributed by atoms with Crippen molar-refractivity contribution in [1.29, 1.82) is 0 Å². The van der Waals surface area contributed by atoms with Crippen LogP contribution in [0, 0.1) is 18.7 Å². The first-order chi connectivity index (χ1) is 22.1. The molecule has 7 nitrogen and oxygen atoms in total. The van der Waals surface area contributed by atoms with Crippen LogP contribution in [0.25, 0.3) is 21.9 Å². The van der Waals surface area contributed by atoms with Gasteiger partial charge in [0.25, 0.3) is 5.91 Å². The van der Waals surface area contributed by atoms with Gasteiger partial charge in [0.2, 0.25) is 17.7 Å². The molecule has 236 valence electrons. The quantitative estimate of drug-likeness (QED) is 0.161. The predicted octanol–water partition coefficient (Wildman–Crippen LogP) is 7.88. The van der Waals surface area contributed by atoms with E-state index in [1.807, 2.05) is 32.0 Å². The predicted molar refractivity (Wildman–Crippen MR) is 174 cm³/mol. The van der Waals surface area contributed by atoms with E-state index in [1.54, 1.807) is 25.1 Å². The lowest BCUT2D eigenvalue weighted by atomic mass is 9.85. The Hall–Kier alpha value is -4.70. The highest BCUT2D eigenvalue weighted by Crippen LogP contribution is 2.44. The fraction of sp³-hybridized carbons (Fsp3) is 0.278. The molecule has 2 atom stereocenters. The third-order valence-electron chi connectivity index (χ3n) is 8.25. The molecule has 10 heteroatoms. The Kier molecular flexibility index (Phi) is 8.82. The number of halogens is 2. The molecule has 0 radical (unpaired) electrons. The smallest absolute Gasteiger partial charge is 0.261 e. The number of carbonyl (C=O) groups excluding carboxylic acids is 2. The topological polar surface area (TPSA) is 111 Å². The van der Waals surface area contributed by atoms with E-state index in [0.717, 1.165) is 18.4 Å². The van der Waals surface area contributed by atoms with Crippen LogP contribution in [0.2, 0.25) is 0 Å². The summed E-state index contributed by atoms with van der Waals surface area (Å²) in [6.07, 6.45) is 0.592. The Bertz CT molecular complexity index is 1910. The number of hydrogen-bond donors (Lipinski definition) is 2. The van der Waals surface area contributed by atoms with Crippen LogP contribution in [0.1, 0.15) is 86.2 Å². The number of nitrogens with one attached hydrogen (secondary N) is 1. The van der Waals surface area contributed by atoms with Gasteiger partial charge in [0.05, 0.1) is 22.0 Å². The molecule has 5 aromatic rings. The summed E-state index contributed by atoms with van der Waals surface area (Å²) in [5, 5.41) is 11.4. The van der Waals surface area contributed by atoms with Crippen LogP contribution < -0.4 is 11.1 Å². The lowest BCUT2D eigenvalue weighted by molar-refractivity contribution is 0.0939. The van der Waals surface area contributed by atoms with Crippen LogP contribution in [0.3, 0.4) is 0 Å². The van der Waals surface area contributed by atoms with Crippen molar-refractivity contribution in [1.82, 2.24) is 15.5 Å². The van der Waals surface area contributed by atoms with E-state index in [9.17, 15) is 14.0 Å². The first-order valence-corrected chi connectivity index (χ1v) is 16.1. The molecule has 3 N–H and O–H groups in total. The summed E-state index contributed by atoms with van der Waals surface area (Å²) < 4.78 is 35.4. The molecule has 0 fully saturated rings. The lowest BCUT2D eigenvalue weighted by Crippen LogP contribution is -2.26. The van der Waals surface area contributed by atoms with Crippen molar-refractivity contribution in [3.8, 4) is 21.9 Å². The summed E-state index contributed by atoms with van der Waals surface area (Å²) in [5.41, 5.74) is 11.0. The first kappa shape index (κ1) is 31.3. The number of primary amides is 1. The van der Waals surface area contributed by atoms with Gasteiger partial charge in [0.15, 0.2) is 0 Å². The van der Waals surface area contributed by atoms with E-state index >= 15 is 4.39 Å². The van der Waals surface area contributed by atoms with E-state index in [4.69, 9.17) is 10.2 Å². The summed E-state index contributed by atoms with van der Waals surface area (Å²) in [7, 11) is 0. The fourth-order valence-electron chi connectivity index (χ4n) is 6.25. The highest BCUT2D eigenvalue weighted by molar-refractivity contribution is 7.17. The minimum absolute atomic E-state index is 0.0960. The second-order valence-corrected chi connectivity index (χ2v) is 13.1. The van der Waals surface area contributed by atoms with Gasteiger partial charge in [0.1, 0.15) is 12.0 Å². The van der Waals surface area contributed by atoms with Crippen molar-refractivity contribution in [2.24, 2.45) is 11.7 Å². The molecule has 46 heavy (non-hydrogen) atoms. The molecule has 1 unspecified atom stereocenters. The maximum absolute atomic E-state index is 15.9. The highest BCUT2D eigenvalue weighted by Gasteiger charge is 2.30. The van der Waals surface area contributed by atoms with Crippen LogP contribution in [-0.4, -0.2) is 22.0 Å². The van der Waals surface area contributed by atoms with E-state index in [0.29, 0.717) is 44.0 Å². The van der Waals surface area contributed by atoms with Crippen molar-refractivity contribution in [3.05, 3.63) is 117 Å². The molecular formula is C36H34F2N4O3S. The van der Waals surface area contributed by atoms with E-state index in [-0.39, 0.29) is 41.6 Å². The fourth-order valence-corrected chi connectivity index (χ4v) is 7.21. The number of hydrogen-bond acceptors (Lipinski definition) is 6. The van der Waals surface area contributed by atoms with Crippen molar-refractivity contribution in [3.63, 3.8) is 0 Å². The summed E-state index contributed by atoms with van der Waals surface area (Å²) >= 11 is 1.21. The van der Waals surface area contributed by atoms with Gasteiger partial charge in [-0.25, -0.2) is 8.78 Å².